The van der Waals surface area contributed by atoms with E-state index < -0.39 is 11.5 Å². The van der Waals surface area contributed by atoms with Gasteiger partial charge in [-0.25, -0.2) is 9.18 Å². The Bertz CT molecular complexity index is 777. The molecule has 114 valence electrons. The predicted octanol–water partition coefficient (Wildman–Crippen LogP) is 3.16. The van der Waals surface area contributed by atoms with Gasteiger partial charge in [0.1, 0.15) is 5.82 Å². The van der Waals surface area contributed by atoms with E-state index in [0.717, 1.165) is 29.7 Å². The number of hydrogen-bond acceptors (Lipinski definition) is 2. The van der Waals surface area contributed by atoms with Gasteiger partial charge < -0.3 is 5.11 Å². The molecular formula is C17H17FN2O2. The van der Waals surface area contributed by atoms with Gasteiger partial charge >= 0.3 is 5.97 Å². The van der Waals surface area contributed by atoms with E-state index in [2.05, 4.69) is 5.10 Å². The molecule has 22 heavy (non-hydrogen) atoms. The topological polar surface area (TPSA) is 55.1 Å². The smallest absolute Gasteiger partial charge is 0.356 e. The van der Waals surface area contributed by atoms with Crippen molar-refractivity contribution in [2.24, 2.45) is 5.92 Å². The molecule has 4 nitrogen and oxygen atoms in total. The molecule has 0 saturated heterocycles. The lowest BCUT2D eigenvalue weighted by Crippen LogP contribution is -2.30. The van der Waals surface area contributed by atoms with Crippen LogP contribution in [0.3, 0.4) is 0 Å². The minimum atomic E-state index is -0.966. The molecule has 2 aliphatic carbocycles. The van der Waals surface area contributed by atoms with Crippen LogP contribution in [-0.2, 0) is 12.0 Å². The SMILES string of the molecule is CC(C)(c1ccc(F)cc1)n1nc(C(=O)O)c2c1[C@@H]1C[C@@H]1C2. The molecule has 1 heterocycles. The van der Waals surface area contributed by atoms with Crippen molar-refractivity contribution in [2.45, 2.75) is 38.1 Å². The molecule has 0 aliphatic heterocycles. The third-order valence-corrected chi connectivity index (χ3v) is 5.05. The molecule has 2 aliphatic rings. The van der Waals surface area contributed by atoms with Crippen LogP contribution in [0.1, 0.15) is 53.5 Å². The number of aromatic nitrogens is 2. The fraction of sp³-hybridized carbons (Fsp3) is 0.412. The highest BCUT2D eigenvalue weighted by molar-refractivity contribution is 5.88. The summed E-state index contributed by atoms with van der Waals surface area (Å²) in [6, 6.07) is 6.34. The Balaban J connectivity index is 1.87. The van der Waals surface area contributed by atoms with Gasteiger partial charge in [0, 0.05) is 17.2 Å². The minimum absolute atomic E-state index is 0.178. The Labute approximate surface area is 127 Å². The zero-order valence-corrected chi connectivity index (χ0v) is 12.5. The van der Waals surface area contributed by atoms with Crippen molar-refractivity contribution in [3.8, 4) is 0 Å². The Morgan fingerprint density at radius 1 is 1.36 bits per heavy atom. The van der Waals surface area contributed by atoms with E-state index in [0.29, 0.717) is 11.8 Å². The van der Waals surface area contributed by atoms with Gasteiger partial charge in [0.05, 0.1) is 5.54 Å². The van der Waals surface area contributed by atoms with Crippen LogP contribution in [-0.4, -0.2) is 20.9 Å². The average molecular weight is 300 g/mol. The Morgan fingerprint density at radius 3 is 2.68 bits per heavy atom. The average Bonchev–Trinajstić information content (AvgIpc) is 2.95. The Kier molecular flexibility index (Phi) is 2.56. The summed E-state index contributed by atoms with van der Waals surface area (Å²) in [5, 5.41) is 13.8. The summed E-state index contributed by atoms with van der Waals surface area (Å²) in [6.45, 7) is 3.99. The van der Waals surface area contributed by atoms with Crippen LogP contribution in [0.25, 0.3) is 0 Å². The summed E-state index contributed by atoms with van der Waals surface area (Å²) in [5.41, 5.74) is 2.54. The lowest BCUT2D eigenvalue weighted by Gasteiger charge is -2.28. The van der Waals surface area contributed by atoms with E-state index in [-0.39, 0.29) is 11.5 Å². The first-order valence-corrected chi connectivity index (χ1v) is 7.51. The number of carbonyl (C=O) groups is 1. The summed E-state index contributed by atoms with van der Waals surface area (Å²) < 4.78 is 15.0. The number of aromatic carboxylic acids is 1. The van der Waals surface area contributed by atoms with Crippen LogP contribution in [0.2, 0.25) is 0 Å². The normalized spacial score (nSPS) is 22.3. The zero-order chi connectivity index (χ0) is 15.6. The number of hydrogen-bond donors (Lipinski definition) is 1. The number of benzene rings is 1. The fourth-order valence-corrected chi connectivity index (χ4v) is 3.69. The molecule has 4 rings (SSSR count). The third kappa shape index (κ3) is 1.74. The molecule has 2 atom stereocenters. The number of rotatable bonds is 3. The Morgan fingerprint density at radius 2 is 2.05 bits per heavy atom. The zero-order valence-electron chi connectivity index (χ0n) is 12.5. The van der Waals surface area contributed by atoms with Crippen LogP contribution in [0, 0.1) is 11.7 Å². The lowest BCUT2D eigenvalue weighted by atomic mass is 9.94. The first kappa shape index (κ1) is 13.5. The standard InChI is InChI=1S/C17H17FN2O2/c1-17(2,10-3-5-11(18)6-4-10)20-15-12-7-9(12)8-13(15)14(19-20)16(21)22/h3-6,9,12H,7-8H2,1-2H3,(H,21,22)/t9-,12-/m1/s1. The predicted molar refractivity (Wildman–Crippen MR) is 78.6 cm³/mol. The molecule has 0 radical (unpaired) electrons. The van der Waals surface area contributed by atoms with Crippen LogP contribution in [0.15, 0.2) is 24.3 Å². The number of halogens is 1. The number of nitrogens with zero attached hydrogens (tertiary/aromatic N) is 2. The van der Waals surface area contributed by atoms with Crippen LogP contribution >= 0.6 is 0 Å². The van der Waals surface area contributed by atoms with Crippen molar-refractivity contribution in [3.05, 3.63) is 52.6 Å². The molecular weight excluding hydrogens is 283 g/mol. The molecule has 1 fully saturated rings. The van der Waals surface area contributed by atoms with Crippen molar-refractivity contribution in [2.75, 3.05) is 0 Å². The number of carboxylic acids is 1. The summed E-state index contributed by atoms with van der Waals surface area (Å²) >= 11 is 0. The lowest BCUT2D eigenvalue weighted by molar-refractivity contribution is 0.0687. The van der Waals surface area contributed by atoms with Crippen LogP contribution < -0.4 is 0 Å². The molecule has 0 spiro atoms. The maximum atomic E-state index is 13.2. The van der Waals surface area contributed by atoms with Gasteiger partial charge in [-0.2, -0.15) is 5.10 Å². The van der Waals surface area contributed by atoms with Gasteiger partial charge in [-0.1, -0.05) is 12.1 Å². The molecule has 0 amide bonds. The van der Waals surface area contributed by atoms with Crippen molar-refractivity contribution < 1.29 is 14.3 Å². The first-order valence-electron chi connectivity index (χ1n) is 7.51. The van der Waals surface area contributed by atoms with E-state index in [9.17, 15) is 14.3 Å². The number of fused-ring (bicyclic) bond motifs is 3. The highest BCUT2D eigenvalue weighted by Gasteiger charge is 2.51. The third-order valence-electron chi connectivity index (χ3n) is 5.05. The molecule has 1 aromatic carbocycles. The van der Waals surface area contributed by atoms with Gasteiger partial charge in [0.2, 0.25) is 0 Å². The van der Waals surface area contributed by atoms with Crippen molar-refractivity contribution >= 4 is 5.97 Å². The van der Waals surface area contributed by atoms with Crippen LogP contribution in [0.4, 0.5) is 4.39 Å². The van der Waals surface area contributed by atoms with Gasteiger partial charge in [-0.15, -0.1) is 0 Å². The summed E-state index contributed by atoms with van der Waals surface area (Å²) in [6.07, 6.45) is 1.94. The monoisotopic (exact) mass is 300 g/mol. The van der Waals surface area contributed by atoms with Crippen molar-refractivity contribution in [1.82, 2.24) is 9.78 Å². The summed E-state index contributed by atoms with van der Waals surface area (Å²) in [5.74, 6) is -0.221. The second kappa shape index (κ2) is 4.18. The first-order chi connectivity index (χ1) is 10.4. The van der Waals surface area contributed by atoms with Gasteiger partial charge in [-0.3, -0.25) is 4.68 Å². The van der Waals surface area contributed by atoms with Gasteiger partial charge in [0.25, 0.3) is 0 Å². The minimum Gasteiger partial charge on any atom is -0.476 e. The molecule has 0 bridgehead atoms. The van der Waals surface area contributed by atoms with E-state index in [1.165, 1.54) is 12.1 Å². The van der Waals surface area contributed by atoms with E-state index in [4.69, 9.17) is 0 Å². The number of carboxylic acid groups (broad SMARTS) is 1. The summed E-state index contributed by atoms with van der Waals surface area (Å²) in [4.78, 5) is 11.5. The van der Waals surface area contributed by atoms with Gasteiger partial charge in [0.15, 0.2) is 5.69 Å². The molecule has 1 aromatic heterocycles. The molecule has 1 saturated carbocycles. The van der Waals surface area contributed by atoms with Crippen molar-refractivity contribution in [3.63, 3.8) is 0 Å². The molecule has 0 unspecified atom stereocenters. The van der Waals surface area contributed by atoms with Gasteiger partial charge in [-0.05, 0) is 50.3 Å². The molecule has 1 N–H and O–H groups in total. The van der Waals surface area contributed by atoms with Crippen LogP contribution in [0.5, 0.6) is 0 Å². The highest BCUT2D eigenvalue weighted by atomic mass is 19.1. The quantitative estimate of drug-likeness (QED) is 0.947. The maximum Gasteiger partial charge on any atom is 0.356 e. The fourth-order valence-electron chi connectivity index (χ4n) is 3.69. The molecule has 5 heteroatoms. The largest absolute Gasteiger partial charge is 0.476 e. The summed E-state index contributed by atoms with van der Waals surface area (Å²) in [7, 11) is 0. The molecule has 2 aromatic rings. The van der Waals surface area contributed by atoms with E-state index >= 15 is 0 Å². The van der Waals surface area contributed by atoms with E-state index in [1.54, 1.807) is 12.1 Å². The highest BCUT2D eigenvalue weighted by Crippen LogP contribution is 2.57. The Hall–Kier alpha value is -2.17. The van der Waals surface area contributed by atoms with Crippen molar-refractivity contribution in [1.29, 1.82) is 0 Å². The second-order valence-corrected chi connectivity index (χ2v) is 6.80. The van der Waals surface area contributed by atoms with E-state index in [1.807, 2.05) is 18.5 Å². The maximum absolute atomic E-state index is 13.2. The second-order valence-electron chi connectivity index (χ2n) is 6.80.